The number of fused-ring (bicyclic) bond motifs is 3. The van der Waals surface area contributed by atoms with Crippen molar-refractivity contribution < 1.29 is 32.1 Å². The van der Waals surface area contributed by atoms with E-state index in [1.54, 1.807) is 18.2 Å². The molecule has 7 rings (SSSR count). The Morgan fingerprint density at radius 1 is 1.11 bits per heavy atom. The molecule has 2 aromatic heterocycles. The van der Waals surface area contributed by atoms with Gasteiger partial charge in [-0.2, -0.15) is 9.97 Å². The van der Waals surface area contributed by atoms with E-state index in [-0.39, 0.29) is 41.7 Å². The lowest BCUT2D eigenvalue weighted by atomic mass is 9.95. The molecule has 4 aromatic rings. The molecule has 0 bridgehead atoms. The molecule has 3 aliphatic rings. The molecule has 240 valence electrons. The van der Waals surface area contributed by atoms with Gasteiger partial charge in [-0.15, -0.1) is 6.42 Å². The number of anilines is 1. The standard InChI is InChI=1S/C34H34F3N5O4/c1-3-24-27(36)7-6-21-14-23(46-20-43-2)15-25(28(21)24)30-29(37)31-26(17-38-30)32(41-9-5-12-44-13-11-41)40-33(39-31)45-19-34-8-4-10-42(34)18-22(35)16-34/h1,6-7,14-15,17,22H,4-5,8-13,16,18-20H2,2H3. The summed E-state index contributed by atoms with van der Waals surface area (Å²) < 4.78 is 68.9. The molecule has 3 fully saturated rings. The molecule has 3 saturated heterocycles. The van der Waals surface area contributed by atoms with Crippen LogP contribution in [0.15, 0.2) is 30.5 Å². The predicted molar refractivity (Wildman–Crippen MR) is 167 cm³/mol. The van der Waals surface area contributed by atoms with Gasteiger partial charge in [-0.3, -0.25) is 9.88 Å². The van der Waals surface area contributed by atoms with Gasteiger partial charge in [0.1, 0.15) is 41.4 Å². The van der Waals surface area contributed by atoms with Crippen molar-refractivity contribution in [2.45, 2.75) is 37.4 Å². The monoisotopic (exact) mass is 633 g/mol. The average Bonchev–Trinajstić information content (AvgIpc) is 3.44. The Morgan fingerprint density at radius 2 is 2.00 bits per heavy atom. The molecule has 3 aliphatic heterocycles. The maximum absolute atomic E-state index is 16.9. The van der Waals surface area contributed by atoms with Crippen LogP contribution in [-0.4, -0.2) is 91.5 Å². The Morgan fingerprint density at radius 3 is 2.85 bits per heavy atom. The lowest BCUT2D eigenvalue weighted by Gasteiger charge is -2.31. The molecule has 2 atom stereocenters. The summed E-state index contributed by atoms with van der Waals surface area (Å²) in [5, 5.41) is 1.25. The van der Waals surface area contributed by atoms with E-state index in [0.29, 0.717) is 67.0 Å². The number of methoxy groups -OCH3 is 1. The molecular formula is C34H34F3N5O4. The molecule has 0 N–H and O–H groups in total. The normalized spacial score (nSPS) is 21.8. The van der Waals surface area contributed by atoms with Crippen LogP contribution in [0.3, 0.4) is 0 Å². The minimum absolute atomic E-state index is 0.00959. The predicted octanol–water partition coefficient (Wildman–Crippen LogP) is 5.27. The van der Waals surface area contributed by atoms with Gasteiger partial charge in [0.25, 0.3) is 0 Å². The fourth-order valence-electron chi connectivity index (χ4n) is 7.07. The van der Waals surface area contributed by atoms with Crippen molar-refractivity contribution in [2.24, 2.45) is 0 Å². The summed E-state index contributed by atoms with van der Waals surface area (Å²) in [5.41, 5.74) is -0.323. The number of terminal acetylenes is 1. The van der Waals surface area contributed by atoms with Gasteiger partial charge in [0.2, 0.25) is 0 Å². The van der Waals surface area contributed by atoms with Gasteiger partial charge in [0, 0.05) is 56.9 Å². The number of alkyl halides is 1. The quantitative estimate of drug-likeness (QED) is 0.191. The molecule has 9 nitrogen and oxygen atoms in total. The van der Waals surface area contributed by atoms with Gasteiger partial charge in [-0.05, 0) is 49.4 Å². The lowest BCUT2D eigenvalue weighted by molar-refractivity contribution is 0.0512. The first-order valence-corrected chi connectivity index (χ1v) is 15.5. The number of benzene rings is 2. The number of hydrogen-bond acceptors (Lipinski definition) is 9. The van der Waals surface area contributed by atoms with Crippen LogP contribution in [-0.2, 0) is 9.47 Å². The largest absolute Gasteiger partial charge is 0.468 e. The van der Waals surface area contributed by atoms with E-state index in [9.17, 15) is 8.78 Å². The van der Waals surface area contributed by atoms with Crippen molar-refractivity contribution in [3.8, 4) is 35.4 Å². The van der Waals surface area contributed by atoms with Gasteiger partial charge in [-0.25, -0.2) is 13.2 Å². The third-order valence-electron chi connectivity index (χ3n) is 9.18. The summed E-state index contributed by atoms with van der Waals surface area (Å²) in [6.45, 7) is 3.57. The van der Waals surface area contributed by atoms with Crippen LogP contribution in [0.2, 0.25) is 0 Å². The highest BCUT2D eigenvalue weighted by molar-refractivity contribution is 6.03. The van der Waals surface area contributed by atoms with E-state index in [4.69, 9.17) is 30.4 Å². The Kier molecular flexibility index (Phi) is 8.31. The first-order chi connectivity index (χ1) is 22.4. The summed E-state index contributed by atoms with van der Waals surface area (Å²) in [6.07, 6.45) is 9.24. The highest BCUT2D eigenvalue weighted by Crippen LogP contribution is 2.42. The van der Waals surface area contributed by atoms with Crippen molar-refractivity contribution in [2.75, 3.05) is 64.8 Å². The molecule has 12 heteroatoms. The maximum atomic E-state index is 16.9. The van der Waals surface area contributed by atoms with E-state index in [1.165, 1.54) is 19.4 Å². The molecule has 0 saturated carbocycles. The van der Waals surface area contributed by atoms with Gasteiger partial charge in [0.15, 0.2) is 12.6 Å². The number of ether oxygens (including phenoxy) is 4. The summed E-state index contributed by atoms with van der Waals surface area (Å²) >= 11 is 0. The van der Waals surface area contributed by atoms with Gasteiger partial charge in [-0.1, -0.05) is 12.0 Å². The fraction of sp³-hybridized carbons (Fsp3) is 0.441. The molecular weight excluding hydrogens is 599 g/mol. The van der Waals surface area contributed by atoms with Crippen LogP contribution < -0.4 is 14.4 Å². The summed E-state index contributed by atoms with van der Waals surface area (Å²) in [7, 11) is 1.48. The maximum Gasteiger partial charge on any atom is 0.319 e. The van der Waals surface area contributed by atoms with Crippen molar-refractivity contribution in [1.29, 1.82) is 0 Å². The van der Waals surface area contributed by atoms with Crippen LogP contribution >= 0.6 is 0 Å². The van der Waals surface area contributed by atoms with Crippen LogP contribution in [0.5, 0.6) is 11.8 Å². The van der Waals surface area contributed by atoms with Crippen molar-refractivity contribution >= 4 is 27.5 Å². The molecule has 5 heterocycles. The third-order valence-corrected chi connectivity index (χ3v) is 9.18. The van der Waals surface area contributed by atoms with E-state index < -0.39 is 23.3 Å². The molecule has 0 spiro atoms. The van der Waals surface area contributed by atoms with Crippen LogP contribution in [0.1, 0.15) is 31.2 Å². The molecule has 0 radical (unpaired) electrons. The number of aromatic nitrogens is 3. The Balaban J connectivity index is 1.38. The van der Waals surface area contributed by atoms with E-state index >= 15 is 4.39 Å². The van der Waals surface area contributed by atoms with Crippen molar-refractivity contribution in [3.05, 3.63) is 47.7 Å². The smallest absolute Gasteiger partial charge is 0.319 e. The van der Waals surface area contributed by atoms with Gasteiger partial charge < -0.3 is 23.8 Å². The first kappa shape index (κ1) is 30.5. The zero-order valence-corrected chi connectivity index (χ0v) is 25.5. The summed E-state index contributed by atoms with van der Waals surface area (Å²) in [5.74, 6) is 1.88. The topological polar surface area (TPSA) is 82.1 Å². The number of pyridine rings is 1. The molecule has 0 aliphatic carbocycles. The highest BCUT2D eigenvalue weighted by atomic mass is 19.1. The lowest BCUT2D eigenvalue weighted by Crippen LogP contribution is -2.43. The van der Waals surface area contributed by atoms with E-state index in [0.717, 1.165) is 25.8 Å². The Labute approximate surface area is 264 Å². The molecule has 2 aromatic carbocycles. The second-order valence-electron chi connectivity index (χ2n) is 12.0. The minimum Gasteiger partial charge on any atom is -0.468 e. The van der Waals surface area contributed by atoms with Crippen LogP contribution in [0.25, 0.3) is 32.9 Å². The van der Waals surface area contributed by atoms with Crippen molar-refractivity contribution in [1.82, 2.24) is 19.9 Å². The van der Waals surface area contributed by atoms with Crippen LogP contribution in [0, 0.1) is 24.0 Å². The average molecular weight is 634 g/mol. The second kappa shape index (κ2) is 12.5. The SMILES string of the molecule is C#Cc1c(F)ccc2cc(OCOC)cc(-c3ncc4c(N5CCCOCC5)nc(OCC56CCCN5CC(F)C6)nc4c3F)c12. The number of nitrogens with zero attached hydrogens (tertiary/aromatic N) is 5. The van der Waals surface area contributed by atoms with E-state index in [1.807, 2.05) is 4.90 Å². The highest BCUT2D eigenvalue weighted by Gasteiger charge is 2.49. The van der Waals surface area contributed by atoms with Crippen molar-refractivity contribution in [3.63, 3.8) is 0 Å². The fourth-order valence-corrected chi connectivity index (χ4v) is 7.07. The number of hydrogen-bond donors (Lipinski definition) is 0. The second-order valence-corrected chi connectivity index (χ2v) is 12.0. The van der Waals surface area contributed by atoms with Gasteiger partial charge in [0.05, 0.1) is 23.1 Å². The number of rotatable bonds is 8. The van der Waals surface area contributed by atoms with E-state index in [2.05, 4.69) is 20.8 Å². The third kappa shape index (κ3) is 5.46. The summed E-state index contributed by atoms with van der Waals surface area (Å²) in [6, 6.07) is 6.05. The zero-order chi connectivity index (χ0) is 31.8. The van der Waals surface area contributed by atoms with Crippen LogP contribution in [0.4, 0.5) is 19.0 Å². The van der Waals surface area contributed by atoms with Gasteiger partial charge >= 0.3 is 6.01 Å². The summed E-state index contributed by atoms with van der Waals surface area (Å²) in [4.78, 5) is 18.0. The first-order valence-electron chi connectivity index (χ1n) is 15.5. The minimum atomic E-state index is -0.920. The zero-order valence-electron chi connectivity index (χ0n) is 25.5. The Hall–Kier alpha value is -4.18. The number of halogens is 3. The molecule has 0 amide bonds. The Bertz CT molecular complexity index is 1830. The molecule has 2 unspecified atom stereocenters. The molecule has 46 heavy (non-hydrogen) atoms.